The molecule has 3 rings (SSSR count). The van der Waals surface area contributed by atoms with Crippen LogP contribution in [0.1, 0.15) is 13.8 Å². The fourth-order valence-electron chi connectivity index (χ4n) is 2.23. The van der Waals surface area contributed by atoms with Crippen molar-refractivity contribution < 1.29 is 28.8 Å². The summed E-state index contributed by atoms with van der Waals surface area (Å²) in [4.78, 5) is 11.1. The van der Waals surface area contributed by atoms with Crippen molar-refractivity contribution in [3.8, 4) is 0 Å². The molecule has 0 bridgehead atoms. The summed E-state index contributed by atoms with van der Waals surface area (Å²) in [7, 11) is 0. The zero-order valence-electron chi connectivity index (χ0n) is 8.38. The monoisotopic (exact) mass is 216 g/mol. The van der Waals surface area contributed by atoms with Crippen LogP contribution in [0.15, 0.2) is 0 Å². The molecule has 1 N–H and O–H groups in total. The van der Waals surface area contributed by atoms with Crippen molar-refractivity contribution in [1.82, 2.24) is 0 Å². The molecule has 0 aliphatic carbocycles. The molecule has 3 aliphatic rings. The van der Waals surface area contributed by atoms with E-state index in [1.165, 1.54) is 0 Å². The first-order valence-electron chi connectivity index (χ1n) is 4.88. The molecular weight excluding hydrogens is 204 g/mol. The Morgan fingerprint density at radius 3 is 2.67 bits per heavy atom. The number of aliphatic hydroxyl groups is 1. The Bertz CT molecular complexity index is 314. The molecule has 0 saturated carbocycles. The highest BCUT2D eigenvalue weighted by atomic mass is 16.8. The topological polar surface area (TPSA) is 74.2 Å². The number of aliphatic hydroxyl groups excluding tert-OH is 1. The first kappa shape index (κ1) is 9.53. The van der Waals surface area contributed by atoms with E-state index < -0.39 is 42.5 Å². The second-order valence-corrected chi connectivity index (χ2v) is 4.42. The van der Waals surface area contributed by atoms with Crippen LogP contribution in [-0.2, 0) is 23.7 Å². The highest BCUT2D eigenvalue weighted by Crippen LogP contribution is 2.42. The minimum absolute atomic E-state index is 0.439. The van der Waals surface area contributed by atoms with Gasteiger partial charge in [-0.05, 0) is 13.8 Å². The van der Waals surface area contributed by atoms with Gasteiger partial charge in [-0.2, -0.15) is 0 Å². The van der Waals surface area contributed by atoms with Crippen LogP contribution in [-0.4, -0.2) is 47.6 Å². The molecule has 0 aromatic carbocycles. The van der Waals surface area contributed by atoms with Crippen LogP contribution in [0.4, 0.5) is 0 Å². The predicted octanol–water partition coefficient (Wildman–Crippen LogP) is -0.851. The summed E-state index contributed by atoms with van der Waals surface area (Å²) in [5, 5.41) is 9.44. The van der Waals surface area contributed by atoms with Crippen molar-refractivity contribution in [3.63, 3.8) is 0 Å². The van der Waals surface area contributed by atoms with E-state index >= 15 is 0 Å². The lowest BCUT2D eigenvalue weighted by molar-refractivity contribution is -0.214. The summed E-state index contributed by atoms with van der Waals surface area (Å²) in [6.45, 7) is 3.52. The van der Waals surface area contributed by atoms with E-state index in [1.54, 1.807) is 13.8 Å². The van der Waals surface area contributed by atoms with Crippen LogP contribution >= 0.6 is 0 Å². The number of fused-ring (bicyclic) bond motifs is 3. The molecule has 84 valence electrons. The molecule has 5 atom stereocenters. The number of carbonyl (C=O) groups is 1. The van der Waals surface area contributed by atoms with Gasteiger partial charge in [-0.25, -0.2) is 4.79 Å². The average Bonchev–Trinajstić information content (AvgIpc) is 2.66. The quantitative estimate of drug-likeness (QED) is 0.532. The minimum atomic E-state index is -1.23. The minimum Gasteiger partial charge on any atom is -0.454 e. The Morgan fingerprint density at radius 1 is 1.20 bits per heavy atom. The number of ether oxygens (including phenoxy) is 4. The summed E-state index contributed by atoms with van der Waals surface area (Å²) in [6, 6.07) is 0. The fourth-order valence-corrected chi connectivity index (χ4v) is 2.23. The summed E-state index contributed by atoms with van der Waals surface area (Å²) >= 11 is 0. The third-order valence-corrected chi connectivity index (χ3v) is 2.83. The van der Waals surface area contributed by atoms with Crippen molar-refractivity contribution in [1.29, 1.82) is 0 Å². The van der Waals surface area contributed by atoms with Crippen LogP contribution in [0.25, 0.3) is 0 Å². The van der Waals surface area contributed by atoms with Gasteiger partial charge in [0.1, 0.15) is 6.10 Å². The Balaban J connectivity index is 1.83. The predicted molar refractivity (Wildman–Crippen MR) is 44.6 cm³/mol. The second kappa shape index (κ2) is 2.70. The second-order valence-electron chi connectivity index (χ2n) is 4.42. The molecule has 3 saturated heterocycles. The first-order chi connectivity index (χ1) is 6.98. The highest BCUT2D eigenvalue weighted by molar-refractivity contribution is 5.78. The Morgan fingerprint density at radius 2 is 1.93 bits per heavy atom. The summed E-state index contributed by atoms with van der Waals surface area (Å²) < 4.78 is 21.4. The molecule has 3 heterocycles. The van der Waals surface area contributed by atoms with E-state index in [-0.39, 0.29) is 0 Å². The van der Waals surface area contributed by atoms with E-state index in [0.29, 0.717) is 0 Å². The van der Waals surface area contributed by atoms with Gasteiger partial charge in [-0.15, -0.1) is 0 Å². The lowest BCUT2D eigenvalue weighted by Gasteiger charge is -2.20. The number of hydrogen-bond donors (Lipinski definition) is 1. The maximum absolute atomic E-state index is 11.1. The van der Waals surface area contributed by atoms with E-state index in [9.17, 15) is 9.90 Å². The smallest absolute Gasteiger partial charge is 0.338 e. The number of hydrogen-bond acceptors (Lipinski definition) is 6. The number of esters is 1. The third kappa shape index (κ3) is 1.22. The van der Waals surface area contributed by atoms with Crippen LogP contribution in [0.5, 0.6) is 0 Å². The van der Waals surface area contributed by atoms with Gasteiger partial charge in [0.25, 0.3) is 0 Å². The zero-order valence-corrected chi connectivity index (χ0v) is 8.38. The average molecular weight is 216 g/mol. The van der Waals surface area contributed by atoms with Crippen LogP contribution < -0.4 is 0 Å². The largest absolute Gasteiger partial charge is 0.454 e. The molecule has 0 unspecified atom stereocenters. The maximum atomic E-state index is 11.1. The Hall–Kier alpha value is -0.690. The van der Waals surface area contributed by atoms with Gasteiger partial charge < -0.3 is 24.1 Å². The summed E-state index contributed by atoms with van der Waals surface area (Å²) in [5.74, 6) is -1.39. The molecule has 15 heavy (non-hydrogen) atoms. The summed E-state index contributed by atoms with van der Waals surface area (Å²) in [5.41, 5.74) is 0. The van der Waals surface area contributed by atoms with Gasteiger partial charge >= 0.3 is 5.97 Å². The van der Waals surface area contributed by atoms with E-state index in [4.69, 9.17) is 18.9 Å². The van der Waals surface area contributed by atoms with Gasteiger partial charge in [-0.1, -0.05) is 0 Å². The molecule has 3 aliphatic heterocycles. The first-order valence-corrected chi connectivity index (χ1v) is 4.88. The van der Waals surface area contributed by atoms with E-state index in [2.05, 4.69) is 0 Å². The van der Waals surface area contributed by atoms with Gasteiger partial charge in [0.15, 0.2) is 30.4 Å². The van der Waals surface area contributed by atoms with E-state index in [1.807, 2.05) is 0 Å². The molecular formula is C9H12O6. The highest BCUT2D eigenvalue weighted by Gasteiger charge is 2.62. The van der Waals surface area contributed by atoms with Gasteiger partial charge in [0, 0.05) is 0 Å². The zero-order chi connectivity index (χ0) is 10.8. The third-order valence-electron chi connectivity index (χ3n) is 2.83. The molecule has 6 nitrogen and oxygen atoms in total. The maximum Gasteiger partial charge on any atom is 0.338 e. The van der Waals surface area contributed by atoms with Crippen molar-refractivity contribution >= 4 is 5.97 Å². The van der Waals surface area contributed by atoms with Crippen molar-refractivity contribution in [2.45, 2.75) is 50.3 Å². The summed E-state index contributed by atoms with van der Waals surface area (Å²) in [6.07, 6.45) is -3.44. The lowest BCUT2D eigenvalue weighted by atomic mass is 10.1. The molecule has 0 amide bonds. The van der Waals surface area contributed by atoms with Crippen LogP contribution in [0.3, 0.4) is 0 Å². The van der Waals surface area contributed by atoms with Gasteiger partial charge in [0.2, 0.25) is 0 Å². The van der Waals surface area contributed by atoms with Crippen LogP contribution in [0, 0.1) is 0 Å². The molecule has 0 aromatic heterocycles. The molecule has 6 heteroatoms. The SMILES string of the molecule is CC1(C)O[C@H]2O[C@H]3[C@H](OC(=O)[C@H]3O)[C@H]2O1. The van der Waals surface area contributed by atoms with Gasteiger partial charge in [0.05, 0.1) is 0 Å². The number of rotatable bonds is 0. The fraction of sp³-hybridized carbons (Fsp3) is 0.889. The molecule has 0 radical (unpaired) electrons. The molecule has 3 fully saturated rings. The van der Waals surface area contributed by atoms with Crippen molar-refractivity contribution in [2.24, 2.45) is 0 Å². The van der Waals surface area contributed by atoms with Crippen LogP contribution in [0.2, 0.25) is 0 Å². The number of carbonyl (C=O) groups excluding carboxylic acids is 1. The lowest BCUT2D eigenvalue weighted by Crippen LogP contribution is -2.35. The normalized spacial score (nSPS) is 51.4. The Kier molecular flexibility index (Phi) is 1.72. The standard InChI is InChI=1S/C9H12O6/c1-9(2)14-6-5-4(13-8(6)15-9)3(10)7(11)12-5/h3-6,8,10H,1-2H3/t3-,4+,5-,6+,8+/m0/s1. The Labute approximate surface area is 86.1 Å². The van der Waals surface area contributed by atoms with Crippen molar-refractivity contribution in [3.05, 3.63) is 0 Å². The van der Waals surface area contributed by atoms with Crippen molar-refractivity contribution in [2.75, 3.05) is 0 Å². The molecule has 0 spiro atoms. The molecule has 0 aromatic rings. The van der Waals surface area contributed by atoms with E-state index in [0.717, 1.165) is 0 Å². The van der Waals surface area contributed by atoms with Gasteiger partial charge in [-0.3, -0.25) is 0 Å².